The van der Waals surface area contributed by atoms with Crippen molar-refractivity contribution in [3.8, 4) is 11.3 Å². The topological polar surface area (TPSA) is 88.0 Å². The number of amides is 1. The maximum Gasteiger partial charge on any atom is 0.231 e. The summed E-state index contributed by atoms with van der Waals surface area (Å²) in [6.45, 7) is 5.64. The predicted molar refractivity (Wildman–Crippen MR) is 119 cm³/mol. The van der Waals surface area contributed by atoms with Crippen LogP contribution in [0.25, 0.3) is 33.4 Å². The van der Waals surface area contributed by atoms with Crippen molar-refractivity contribution in [2.45, 2.75) is 33.4 Å². The summed E-state index contributed by atoms with van der Waals surface area (Å²) in [7, 11) is 0. The summed E-state index contributed by atoms with van der Waals surface area (Å²) < 4.78 is 30.2. The molecule has 4 aromatic rings. The van der Waals surface area contributed by atoms with Crippen LogP contribution >= 0.6 is 11.6 Å². The number of alkyl halides is 1. The minimum atomic E-state index is -1.09. The zero-order valence-corrected chi connectivity index (χ0v) is 18.3. The highest BCUT2D eigenvalue weighted by atomic mass is 35.5. The second-order valence-corrected chi connectivity index (χ2v) is 8.55. The zero-order valence-electron chi connectivity index (χ0n) is 17.5. The van der Waals surface area contributed by atoms with E-state index in [9.17, 15) is 9.18 Å². The molecule has 0 radical (unpaired) electrons. The van der Waals surface area contributed by atoms with E-state index in [-0.39, 0.29) is 17.3 Å². The van der Waals surface area contributed by atoms with Crippen LogP contribution < -0.4 is 5.32 Å². The van der Waals surface area contributed by atoms with Gasteiger partial charge < -0.3 is 9.72 Å². The quantitative estimate of drug-likeness (QED) is 0.443. The number of rotatable bonds is 4. The molecule has 1 aliphatic carbocycles. The van der Waals surface area contributed by atoms with Crippen LogP contribution in [-0.2, 0) is 4.79 Å². The van der Waals surface area contributed by atoms with Crippen molar-refractivity contribution < 1.29 is 13.6 Å². The Hall–Kier alpha value is -3.33. The fourth-order valence-electron chi connectivity index (χ4n) is 3.71. The summed E-state index contributed by atoms with van der Waals surface area (Å²) >= 11 is 6.50. The molecule has 0 bridgehead atoms. The number of benzene rings is 1. The first kappa shape index (κ1) is 20.6. The number of carbonyl (C=O) groups is 1. The Morgan fingerprint density at radius 1 is 1.28 bits per heavy atom. The predicted octanol–water partition coefficient (Wildman–Crippen LogP) is 5.17. The molecule has 3 heterocycles. The van der Waals surface area contributed by atoms with E-state index in [0.29, 0.717) is 33.4 Å². The molecule has 5 rings (SSSR count). The van der Waals surface area contributed by atoms with Crippen LogP contribution in [0.5, 0.6) is 0 Å². The molecule has 7 nitrogen and oxygen atoms in total. The fourth-order valence-corrected chi connectivity index (χ4v) is 4.00. The number of nitrogens with one attached hydrogen (secondary N) is 2. The highest BCUT2D eigenvalue weighted by Gasteiger charge is 2.43. The average Bonchev–Trinajstić information content (AvgIpc) is 3.11. The smallest absolute Gasteiger partial charge is 0.231 e. The number of nitrogens with zero attached hydrogens (tertiary/aromatic N) is 4. The molecule has 1 fully saturated rings. The SMILES string of the molecule is CC(C)=C(C)c1c(F)c(Cl)c(-c2cn3cc(NC(=O)[C@@H]4C[C@@H]4F)nc3cn2)c2cn[nH]c12. The molecule has 1 saturated carbocycles. The van der Waals surface area contributed by atoms with Crippen LogP contribution in [0.2, 0.25) is 5.02 Å². The Labute approximate surface area is 186 Å². The normalized spacial score (nSPS) is 17.7. The van der Waals surface area contributed by atoms with Crippen LogP contribution in [0.4, 0.5) is 14.6 Å². The Morgan fingerprint density at radius 3 is 2.72 bits per heavy atom. The van der Waals surface area contributed by atoms with Gasteiger partial charge in [0.2, 0.25) is 5.91 Å². The Balaban J connectivity index is 1.61. The summed E-state index contributed by atoms with van der Waals surface area (Å²) in [5.41, 5.74) is 3.93. The molecule has 3 aromatic heterocycles. The molecule has 1 aliphatic rings. The molecule has 1 amide bonds. The van der Waals surface area contributed by atoms with Gasteiger partial charge in [0.15, 0.2) is 17.3 Å². The van der Waals surface area contributed by atoms with Crippen LogP contribution in [-0.4, -0.2) is 36.6 Å². The summed E-state index contributed by atoms with van der Waals surface area (Å²) in [5.74, 6) is -1.28. The first-order valence-electron chi connectivity index (χ1n) is 10.0. The third-order valence-corrected chi connectivity index (χ3v) is 6.17. The highest BCUT2D eigenvalue weighted by Crippen LogP contribution is 2.41. The summed E-state index contributed by atoms with van der Waals surface area (Å²) in [5, 5.41) is 10.2. The van der Waals surface area contributed by atoms with Crippen molar-refractivity contribution in [3.63, 3.8) is 0 Å². The molecule has 2 atom stereocenters. The molecular formula is C22H19ClF2N6O. The lowest BCUT2D eigenvalue weighted by Crippen LogP contribution is -2.15. The molecule has 0 spiro atoms. The minimum absolute atomic E-state index is 0.0577. The number of imidazole rings is 1. The Morgan fingerprint density at radius 2 is 2.03 bits per heavy atom. The third kappa shape index (κ3) is 3.24. The zero-order chi connectivity index (χ0) is 22.7. The van der Waals surface area contributed by atoms with Crippen LogP contribution in [0.15, 0.2) is 30.4 Å². The fraction of sp³-hybridized carbons (Fsp3) is 0.273. The molecule has 0 unspecified atom stereocenters. The number of hydrogen-bond donors (Lipinski definition) is 2. The molecule has 10 heteroatoms. The van der Waals surface area contributed by atoms with Crippen LogP contribution in [0, 0.1) is 11.7 Å². The standard InChI is InChI=1S/C22H19ClF2N6O/c1-9(2)10(3)17-20(25)19(23)18(12-5-27-30-21(12)17)14-7-31-8-15(28-16(31)6-26-14)29-22(32)11-4-13(11)24/h5-8,11,13H,4H2,1-3H3,(H,27,30)(H,29,32)/t11-,13+/m1/s1. The molecule has 32 heavy (non-hydrogen) atoms. The molecule has 2 N–H and O–H groups in total. The van der Waals surface area contributed by atoms with E-state index in [1.807, 2.05) is 20.8 Å². The first-order valence-corrected chi connectivity index (χ1v) is 10.4. The number of aromatic nitrogens is 5. The molecular weight excluding hydrogens is 438 g/mol. The summed E-state index contributed by atoms with van der Waals surface area (Å²) in [6, 6.07) is 0. The van der Waals surface area contributed by atoms with Crippen molar-refractivity contribution in [3.05, 3.63) is 46.8 Å². The molecule has 0 saturated heterocycles. The van der Waals surface area contributed by atoms with Crippen molar-refractivity contribution in [2.75, 3.05) is 5.32 Å². The van der Waals surface area contributed by atoms with E-state index in [4.69, 9.17) is 11.6 Å². The van der Waals surface area contributed by atoms with E-state index in [1.54, 1.807) is 23.0 Å². The highest BCUT2D eigenvalue weighted by molar-refractivity contribution is 6.35. The number of aromatic amines is 1. The van der Waals surface area contributed by atoms with Gasteiger partial charge in [-0.05, 0) is 32.8 Å². The van der Waals surface area contributed by atoms with Crippen molar-refractivity contribution in [1.82, 2.24) is 24.6 Å². The van der Waals surface area contributed by atoms with Gasteiger partial charge in [-0.15, -0.1) is 0 Å². The van der Waals surface area contributed by atoms with Crippen LogP contribution in [0.3, 0.4) is 0 Å². The number of carbonyl (C=O) groups excluding carboxylic acids is 1. The van der Waals surface area contributed by atoms with Crippen LogP contribution in [0.1, 0.15) is 32.8 Å². The monoisotopic (exact) mass is 456 g/mol. The summed E-state index contributed by atoms with van der Waals surface area (Å²) in [6.07, 6.45) is 5.47. The second-order valence-electron chi connectivity index (χ2n) is 8.17. The Bertz CT molecular complexity index is 1440. The summed E-state index contributed by atoms with van der Waals surface area (Å²) in [4.78, 5) is 20.7. The molecule has 0 aliphatic heterocycles. The van der Waals surface area contributed by atoms with Gasteiger partial charge in [-0.2, -0.15) is 5.10 Å². The maximum atomic E-state index is 15.4. The van der Waals surface area contributed by atoms with Gasteiger partial charge in [-0.1, -0.05) is 17.2 Å². The number of hydrogen-bond acceptors (Lipinski definition) is 4. The lowest BCUT2D eigenvalue weighted by atomic mass is 9.96. The lowest BCUT2D eigenvalue weighted by Gasteiger charge is -2.13. The van der Waals surface area contributed by atoms with E-state index in [2.05, 4.69) is 25.5 Å². The van der Waals surface area contributed by atoms with Gasteiger partial charge >= 0.3 is 0 Å². The van der Waals surface area contributed by atoms with E-state index < -0.39 is 23.8 Å². The number of anilines is 1. The third-order valence-electron chi connectivity index (χ3n) is 5.81. The second kappa shape index (κ2) is 7.37. The number of H-pyrrole nitrogens is 1. The molecule has 164 valence electrons. The largest absolute Gasteiger partial charge is 0.309 e. The first-order chi connectivity index (χ1) is 15.3. The number of fused-ring (bicyclic) bond motifs is 2. The average molecular weight is 457 g/mol. The van der Waals surface area contributed by atoms with Gasteiger partial charge in [0.25, 0.3) is 0 Å². The van der Waals surface area contributed by atoms with Gasteiger partial charge in [0.05, 0.1) is 40.7 Å². The van der Waals surface area contributed by atoms with Crippen molar-refractivity contribution >= 4 is 45.4 Å². The Kier molecular flexibility index (Phi) is 4.74. The molecule has 1 aromatic carbocycles. The number of allylic oxidation sites excluding steroid dienone is 2. The van der Waals surface area contributed by atoms with E-state index >= 15 is 4.39 Å². The van der Waals surface area contributed by atoms with Gasteiger partial charge in [-0.25, -0.2) is 13.8 Å². The van der Waals surface area contributed by atoms with E-state index in [1.165, 1.54) is 6.20 Å². The van der Waals surface area contributed by atoms with Gasteiger partial charge in [0, 0.05) is 22.7 Å². The van der Waals surface area contributed by atoms with Gasteiger partial charge in [0.1, 0.15) is 6.17 Å². The van der Waals surface area contributed by atoms with Gasteiger partial charge in [-0.3, -0.25) is 14.9 Å². The van der Waals surface area contributed by atoms with Crippen molar-refractivity contribution in [1.29, 1.82) is 0 Å². The number of halogens is 3. The minimum Gasteiger partial charge on any atom is -0.309 e. The van der Waals surface area contributed by atoms with Crippen molar-refractivity contribution in [2.24, 2.45) is 5.92 Å². The lowest BCUT2D eigenvalue weighted by molar-refractivity contribution is -0.117. The van der Waals surface area contributed by atoms with E-state index in [0.717, 1.165) is 11.1 Å². The maximum absolute atomic E-state index is 15.4.